The molecule has 118 valence electrons. The van der Waals surface area contributed by atoms with E-state index in [0.717, 1.165) is 25.1 Å². The van der Waals surface area contributed by atoms with E-state index >= 15 is 0 Å². The quantitative estimate of drug-likeness (QED) is 0.732. The fraction of sp³-hybridized carbons (Fsp3) is 0.400. The van der Waals surface area contributed by atoms with E-state index < -0.39 is 0 Å². The summed E-state index contributed by atoms with van der Waals surface area (Å²) in [5.74, 6) is -0.0575. The highest BCUT2D eigenvalue weighted by molar-refractivity contribution is 7.13. The molecule has 0 atom stereocenters. The smallest absolute Gasteiger partial charge is 0.293 e. The minimum absolute atomic E-state index is 0.0302. The van der Waals surface area contributed by atoms with Crippen LogP contribution in [-0.2, 0) is 11.2 Å². The Morgan fingerprint density at radius 1 is 1.41 bits per heavy atom. The van der Waals surface area contributed by atoms with E-state index in [1.54, 1.807) is 12.1 Å². The molecular formula is C15H19N3O3S. The van der Waals surface area contributed by atoms with Gasteiger partial charge in [0, 0.05) is 18.3 Å². The number of unbranched alkanes of at least 4 members (excludes halogenated alkanes) is 1. The lowest BCUT2D eigenvalue weighted by Crippen LogP contribution is -2.24. The molecule has 0 radical (unpaired) electrons. The standard InChI is InChI=1S/C15H19N3O3S/c1-2-3-8-16-13(19)7-6-11-10-22-15(17-11)18-14(20)12-5-4-9-21-12/h4-5,9-10H,2-3,6-8H2,1H3,(H,16,19)(H,17,18,20). The number of nitrogens with one attached hydrogen (secondary N) is 2. The number of thiazole rings is 1. The summed E-state index contributed by atoms with van der Waals surface area (Å²) >= 11 is 1.33. The molecule has 0 saturated carbocycles. The number of anilines is 1. The van der Waals surface area contributed by atoms with E-state index in [1.165, 1.54) is 17.6 Å². The summed E-state index contributed by atoms with van der Waals surface area (Å²) in [6, 6.07) is 3.24. The van der Waals surface area contributed by atoms with Gasteiger partial charge in [-0.3, -0.25) is 14.9 Å². The number of hydrogen-bond donors (Lipinski definition) is 2. The zero-order chi connectivity index (χ0) is 15.8. The van der Waals surface area contributed by atoms with Gasteiger partial charge in [0.2, 0.25) is 5.91 Å². The number of carbonyl (C=O) groups excluding carboxylic acids is 2. The maximum Gasteiger partial charge on any atom is 0.293 e. The van der Waals surface area contributed by atoms with Crippen molar-refractivity contribution in [3.05, 3.63) is 35.2 Å². The van der Waals surface area contributed by atoms with Crippen molar-refractivity contribution in [2.45, 2.75) is 32.6 Å². The molecule has 2 aromatic rings. The molecule has 0 fully saturated rings. The van der Waals surface area contributed by atoms with Crippen LogP contribution in [0.5, 0.6) is 0 Å². The maximum absolute atomic E-state index is 11.8. The van der Waals surface area contributed by atoms with Crippen molar-refractivity contribution in [3.8, 4) is 0 Å². The summed E-state index contributed by atoms with van der Waals surface area (Å²) < 4.78 is 5.01. The van der Waals surface area contributed by atoms with Crippen LogP contribution in [0, 0.1) is 0 Å². The summed E-state index contributed by atoms with van der Waals surface area (Å²) in [7, 11) is 0. The van der Waals surface area contributed by atoms with Gasteiger partial charge < -0.3 is 9.73 Å². The lowest BCUT2D eigenvalue weighted by Gasteiger charge is -2.02. The molecule has 6 nitrogen and oxygen atoms in total. The Balaban J connectivity index is 1.77. The van der Waals surface area contributed by atoms with E-state index in [4.69, 9.17) is 4.42 Å². The molecule has 0 unspecified atom stereocenters. The highest BCUT2D eigenvalue weighted by atomic mass is 32.1. The Labute approximate surface area is 132 Å². The Morgan fingerprint density at radius 3 is 3.00 bits per heavy atom. The van der Waals surface area contributed by atoms with Crippen molar-refractivity contribution in [1.82, 2.24) is 10.3 Å². The van der Waals surface area contributed by atoms with E-state index in [1.807, 2.05) is 5.38 Å². The molecule has 0 bridgehead atoms. The van der Waals surface area contributed by atoms with Crippen molar-refractivity contribution in [1.29, 1.82) is 0 Å². The lowest BCUT2D eigenvalue weighted by atomic mass is 10.2. The summed E-state index contributed by atoms with van der Waals surface area (Å²) in [6.07, 6.45) is 4.46. The fourth-order valence-corrected chi connectivity index (χ4v) is 2.52. The molecule has 7 heteroatoms. The molecule has 2 rings (SSSR count). The van der Waals surface area contributed by atoms with Crippen LogP contribution in [0.25, 0.3) is 0 Å². The number of carbonyl (C=O) groups is 2. The first-order valence-corrected chi connectivity index (χ1v) is 8.13. The Morgan fingerprint density at radius 2 is 2.27 bits per heavy atom. The third-order valence-electron chi connectivity index (χ3n) is 2.98. The minimum Gasteiger partial charge on any atom is -0.459 e. The molecule has 0 saturated heterocycles. The van der Waals surface area contributed by atoms with Crippen molar-refractivity contribution in [2.75, 3.05) is 11.9 Å². The van der Waals surface area contributed by atoms with Gasteiger partial charge in [-0.05, 0) is 25.0 Å². The van der Waals surface area contributed by atoms with Crippen molar-refractivity contribution >= 4 is 28.3 Å². The van der Waals surface area contributed by atoms with E-state index in [9.17, 15) is 9.59 Å². The third kappa shape index (κ3) is 5.00. The van der Waals surface area contributed by atoms with Crippen LogP contribution in [0.3, 0.4) is 0 Å². The zero-order valence-corrected chi connectivity index (χ0v) is 13.2. The average Bonchev–Trinajstić information content (AvgIpc) is 3.17. The predicted molar refractivity (Wildman–Crippen MR) is 85.0 cm³/mol. The van der Waals surface area contributed by atoms with E-state index in [-0.39, 0.29) is 17.6 Å². The highest BCUT2D eigenvalue weighted by Crippen LogP contribution is 2.17. The van der Waals surface area contributed by atoms with Gasteiger partial charge in [-0.1, -0.05) is 13.3 Å². The van der Waals surface area contributed by atoms with Gasteiger partial charge >= 0.3 is 0 Å². The molecule has 2 heterocycles. The number of furan rings is 1. The number of amides is 2. The fourth-order valence-electron chi connectivity index (χ4n) is 1.78. The van der Waals surface area contributed by atoms with E-state index in [2.05, 4.69) is 22.5 Å². The molecule has 2 amide bonds. The number of hydrogen-bond acceptors (Lipinski definition) is 5. The van der Waals surface area contributed by atoms with Gasteiger partial charge in [-0.15, -0.1) is 11.3 Å². The summed E-state index contributed by atoms with van der Waals surface area (Å²) in [5.41, 5.74) is 0.797. The van der Waals surface area contributed by atoms with Gasteiger partial charge in [-0.25, -0.2) is 4.98 Å². The van der Waals surface area contributed by atoms with Crippen molar-refractivity contribution < 1.29 is 14.0 Å². The van der Waals surface area contributed by atoms with Gasteiger partial charge in [0.1, 0.15) is 0 Å². The summed E-state index contributed by atoms with van der Waals surface area (Å²) in [4.78, 5) is 27.7. The first-order valence-electron chi connectivity index (χ1n) is 7.25. The number of aryl methyl sites for hydroxylation is 1. The number of aromatic nitrogens is 1. The van der Waals surface area contributed by atoms with Crippen molar-refractivity contribution in [2.24, 2.45) is 0 Å². The lowest BCUT2D eigenvalue weighted by molar-refractivity contribution is -0.121. The van der Waals surface area contributed by atoms with E-state index in [0.29, 0.717) is 18.0 Å². The Hall–Kier alpha value is -2.15. The van der Waals surface area contributed by atoms with Crippen LogP contribution in [0.2, 0.25) is 0 Å². The van der Waals surface area contributed by atoms with Gasteiger partial charge in [-0.2, -0.15) is 0 Å². The maximum atomic E-state index is 11.8. The first kappa shape index (κ1) is 16.2. The second-order valence-electron chi connectivity index (χ2n) is 4.78. The zero-order valence-electron chi connectivity index (χ0n) is 12.4. The topological polar surface area (TPSA) is 84.2 Å². The largest absolute Gasteiger partial charge is 0.459 e. The Kier molecular flexibility index (Phi) is 6.14. The second kappa shape index (κ2) is 8.33. The Bertz CT molecular complexity index is 607. The summed E-state index contributed by atoms with van der Waals surface area (Å²) in [5, 5.41) is 7.88. The van der Waals surface area contributed by atoms with Crippen LogP contribution in [0.1, 0.15) is 42.4 Å². The molecule has 2 aromatic heterocycles. The molecular weight excluding hydrogens is 302 g/mol. The van der Waals surface area contributed by atoms with Crippen LogP contribution in [-0.4, -0.2) is 23.3 Å². The highest BCUT2D eigenvalue weighted by Gasteiger charge is 2.11. The monoisotopic (exact) mass is 321 g/mol. The van der Waals surface area contributed by atoms with Gasteiger partial charge in [0.15, 0.2) is 10.9 Å². The number of rotatable bonds is 8. The van der Waals surface area contributed by atoms with Crippen LogP contribution in [0.15, 0.2) is 28.2 Å². The molecule has 0 aliphatic rings. The molecule has 0 aromatic carbocycles. The summed E-state index contributed by atoms with van der Waals surface area (Å²) in [6.45, 7) is 2.80. The second-order valence-corrected chi connectivity index (χ2v) is 5.64. The molecule has 0 aliphatic heterocycles. The minimum atomic E-state index is -0.330. The average molecular weight is 321 g/mol. The van der Waals surface area contributed by atoms with Gasteiger partial charge in [0.25, 0.3) is 5.91 Å². The molecule has 0 aliphatic carbocycles. The third-order valence-corrected chi connectivity index (χ3v) is 3.78. The molecule has 22 heavy (non-hydrogen) atoms. The van der Waals surface area contributed by atoms with Crippen molar-refractivity contribution in [3.63, 3.8) is 0 Å². The predicted octanol–water partition coefficient (Wildman–Crippen LogP) is 2.84. The SMILES string of the molecule is CCCCNC(=O)CCc1csc(NC(=O)c2ccco2)n1. The molecule has 2 N–H and O–H groups in total. The van der Waals surface area contributed by atoms with Gasteiger partial charge in [0.05, 0.1) is 12.0 Å². The van der Waals surface area contributed by atoms with Crippen LogP contribution >= 0.6 is 11.3 Å². The van der Waals surface area contributed by atoms with Crippen LogP contribution in [0.4, 0.5) is 5.13 Å². The van der Waals surface area contributed by atoms with Crippen LogP contribution < -0.4 is 10.6 Å². The first-order chi connectivity index (χ1) is 10.7. The number of nitrogens with zero attached hydrogens (tertiary/aromatic N) is 1. The normalized spacial score (nSPS) is 10.4. The molecule has 0 spiro atoms.